The Labute approximate surface area is 128 Å². The summed E-state index contributed by atoms with van der Waals surface area (Å²) in [5.74, 6) is -1.63. The summed E-state index contributed by atoms with van der Waals surface area (Å²) < 4.78 is 43.6. The van der Waals surface area contributed by atoms with E-state index in [0.29, 0.717) is 31.9 Å². The maximum atomic E-state index is 13.2. The van der Waals surface area contributed by atoms with Gasteiger partial charge in [-0.25, -0.2) is 8.78 Å². The molecule has 2 saturated heterocycles. The summed E-state index contributed by atoms with van der Waals surface area (Å²) in [6, 6.07) is 3.39. The summed E-state index contributed by atoms with van der Waals surface area (Å²) in [6.45, 7) is 4.27. The predicted molar refractivity (Wildman–Crippen MR) is 76.4 cm³/mol. The van der Waals surface area contributed by atoms with Crippen molar-refractivity contribution in [3.8, 4) is 0 Å². The molecule has 6 heteroatoms. The molecule has 1 spiro atoms. The third-order valence-corrected chi connectivity index (χ3v) is 4.20. The first-order valence-electron chi connectivity index (χ1n) is 7.65. The zero-order valence-electron chi connectivity index (χ0n) is 12.6. The minimum Gasteiger partial charge on any atom is -0.381 e. The van der Waals surface area contributed by atoms with E-state index in [1.165, 1.54) is 12.1 Å². The second-order valence-electron chi connectivity index (χ2n) is 5.91. The monoisotopic (exact) mass is 313 g/mol. The van der Waals surface area contributed by atoms with Crippen LogP contribution in [0.25, 0.3) is 0 Å². The van der Waals surface area contributed by atoms with Crippen molar-refractivity contribution in [2.45, 2.75) is 37.7 Å². The maximum absolute atomic E-state index is 13.2. The minimum absolute atomic E-state index is 0.0565. The quantitative estimate of drug-likeness (QED) is 0.927. The van der Waals surface area contributed by atoms with Crippen molar-refractivity contribution in [3.05, 3.63) is 35.4 Å². The van der Waals surface area contributed by atoms with Crippen LogP contribution in [-0.2, 0) is 14.2 Å². The van der Waals surface area contributed by atoms with E-state index in [-0.39, 0.29) is 12.1 Å². The predicted octanol–water partition coefficient (Wildman–Crippen LogP) is 2.54. The Hall–Kier alpha value is -1.08. The van der Waals surface area contributed by atoms with Crippen LogP contribution in [-0.4, -0.2) is 38.3 Å². The van der Waals surface area contributed by atoms with Crippen molar-refractivity contribution in [2.24, 2.45) is 0 Å². The van der Waals surface area contributed by atoms with Crippen molar-refractivity contribution in [1.82, 2.24) is 5.32 Å². The molecule has 2 aliphatic heterocycles. The molecule has 0 saturated carbocycles. The van der Waals surface area contributed by atoms with Gasteiger partial charge in [-0.15, -0.1) is 0 Å². The first kappa shape index (κ1) is 15.8. The molecule has 2 heterocycles. The van der Waals surface area contributed by atoms with Crippen LogP contribution in [0.5, 0.6) is 0 Å². The Morgan fingerprint density at radius 2 is 1.91 bits per heavy atom. The van der Waals surface area contributed by atoms with E-state index in [1.54, 1.807) is 0 Å². The maximum Gasteiger partial charge on any atom is 0.173 e. The highest BCUT2D eigenvalue weighted by Gasteiger charge is 2.42. The van der Waals surface area contributed by atoms with Gasteiger partial charge in [-0.1, -0.05) is 0 Å². The van der Waals surface area contributed by atoms with Crippen LogP contribution in [0, 0.1) is 11.6 Å². The topological polar surface area (TPSA) is 39.7 Å². The fourth-order valence-corrected chi connectivity index (χ4v) is 2.91. The largest absolute Gasteiger partial charge is 0.381 e. The molecule has 0 amide bonds. The van der Waals surface area contributed by atoms with Gasteiger partial charge < -0.3 is 19.5 Å². The average molecular weight is 313 g/mol. The zero-order valence-corrected chi connectivity index (χ0v) is 12.6. The Kier molecular flexibility index (Phi) is 4.73. The lowest BCUT2D eigenvalue weighted by Gasteiger charge is -2.31. The second kappa shape index (κ2) is 6.58. The lowest BCUT2D eigenvalue weighted by molar-refractivity contribution is -0.210. The van der Waals surface area contributed by atoms with E-state index < -0.39 is 17.4 Å². The number of nitrogens with one attached hydrogen (secondary N) is 1. The molecule has 2 aliphatic rings. The van der Waals surface area contributed by atoms with Gasteiger partial charge >= 0.3 is 0 Å². The summed E-state index contributed by atoms with van der Waals surface area (Å²) in [5, 5.41) is 3.25. The fraction of sp³-hybridized carbons (Fsp3) is 0.625. The molecule has 122 valence electrons. The van der Waals surface area contributed by atoms with Crippen LogP contribution in [0.15, 0.2) is 18.2 Å². The highest BCUT2D eigenvalue weighted by molar-refractivity contribution is 5.20. The van der Waals surface area contributed by atoms with Gasteiger partial charge in [0.05, 0.1) is 25.9 Å². The number of hydrogen-bond acceptors (Lipinski definition) is 4. The van der Waals surface area contributed by atoms with E-state index >= 15 is 0 Å². The Morgan fingerprint density at radius 3 is 2.59 bits per heavy atom. The van der Waals surface area contributed by atoms with Crippen LogP contribution in [0.4, 0.5) is 8.78 Å². The first-order chi connectivity index (χ1) is 10.6. The number of rotatable bonds is 4. The Bertz CT molecular complexity index is 500. The van der Waals surface area contributed by atoms with Crippen molar-refractivity contribution in [1.29, 1.82) is 0 Å². The van der Waals surface area contributed by atoms with Crippen molar-refractivity contribution < 1.29 is 23.0 Å². The lowest BCUT2D eigenvalue weighted by Crippen LogP contribution is -2.39. The Morgan fingerprint density at radius 1 is 1.23 bits per heavy atom. The third-order valence-electron chi connectivity index (χ3n) is 4.20. The molecule has 0 aliphatic carbocycles. The van der Waals surface area contributed by atoms with Gasteiger partial charge in [-0.3, -0.25) is 0 Å². The fourth-order valence-electron chi connectivity index (χ4n) is 2.91. The highest BCUT2D eigenvalue weighted by atomic mass is 19.1. The van der Waals surface area contributed by atoms with Crippen LogP contribution < -0.4 is 5.32 Å². The molecule has 0 bridgehead atoms. The van der Waals surface area contributed by atoms with Crippen LogP contribution in [0.1, 0.15) is 31.4 Å². The first-order valence-corrected chi connectivity index (χ1v) is 7.65. The van der Waals surface area contributed by atoms with Gasteiger partial charge in [0, 0.05) is 31.5 Å². The van der Waals surface area contributed by atoms with Gasteiger partial charge in [-0.2, -0.15) is 0 Å². The third kappa shape index (κ3) is 3.63. The van der Waals surface area contributed by atoms with Crippen molar-refractivity contribution in [3.63, 3.8) is 0 Å². The van der Waals surface area contributed by atoms with Crippen LogP contribution in [0.2, 0.25) is 0 Å². The van der Waals surface area contributed by atoms with Gasteiger partial charge in [0.25, 0.3) is 0 Å². The molecular weight excluding hydrogens is 292 g/mol. The molecule has 2 fully saturated rings. The molecule has 1 aromatic carbocycles. The van der Waals surface area contributed by atoms with Crippen LogP contribution >= 0.6 is 0 Å². The molecule has 22 heavy (non-hydrogen) atoms. The van der Waals surface area contributed by atoms with E-state index in [1.807, 2.05) is 6.92 Å². The van der Waals surface area contributed by atoms with E-state index in [4.69, 9.17) is 14.2 Å². The summed E-state index contributed by atoms with van der Waals surface area (Å²) in [5.41, 5.74) is 0.581. The molecule has 1 N–H and O–H groups in total. The highest BCUT2D eigenvalue weighted by Crippen LogP contribution is 2.33. The molecule has 1 aromatic rings. The van der Waals surface area contributed by atoms with Gasteiger partial charge in [0.2, 0.25) is 0 Å². The number of hydrogen-bond donors (Lipinski definition) is 1. The lowest BCUT2D eigenvalue weighted by atomic mass is 10.1. The molecule has 3 rings (SSSR count). The number of halogens is 2. The summed E-state index contributed by atoms with van der Waals surface area (Å²) in [7, 11) is 0. The van der Waals surface area contributed by atoms with E-state index in [2.05, 4.69) is 5.32 Å². The normalized spacial score (nSPS) is 25.5. The summed E-state index contributed by atoms with van der Waals surface area (Å²) in [4.78, 5) is 0. The number of benzene rings is 1. The van der Waals surface area contributed by atoms with Gasteiger partial charge in [-0.05, 0) is 24.6 Å². The average Bonchev–Trinajstić information content (AvgIpc) is 2.87. The molecule has 2 atom stereocenters. The Balaban J connectivity index is 1.52. The van der Waals surface area contributed by atoms with E-state index in [0.717, 1.165) is 18.9 Å². The summed E-state index contributed by atoms with van der Waals surface area (Å²) in [6.07, 6.45) is 1.43. The van der Waals surface area contributed by atoms with Crippen LogP contribution in [0.3, 0.4) is 0 Å². The smallest absolute Gasteiger partial charge is 0.173 e. The summed E-state index contributed by atoms with van der Waals surface area (Å²) >= 11 is 0. The zero-order chi connectivity index (χ0) is 15.6. The number of ether oxygens (including phenoxy) is 3. The SMILES string of the molecule is C[C@@H](NC[C@H]1COC2(CCOCC2)O1)c1cc(F)cc(F)c1. The molecular formula is C16H21F2NO3. The second-order valence-corrected chi connectivity index (χ2v) is 5.91. The minimum atomic E-state index is -0.565. The molecule has 4 nitrogen and oxygen atoms in total. The molecule has 0 aromatic heterocycles. The molecule has 0 radical (unpaired) electrons. The van der Waals surface area contributed by atoms with Crippen molar-refractivity contribution >= 4 is 0 Å². The standard InChI is InChI=1S/C16H21F2NO3/c1-11(12-6-13(17)8-14(18)7-12)19-9-15-10-21-16(22-15)2-4-20-5-3-16/h6-8,11,15,19H,2-5,9-10H2,1H3/t11-,15+/m1/s1. The van der Waals surface area contributed by atoms with Crippen molar-refractivity contribution in [2.75, 3.05) is 26.4 Å². The molecule has 0 unspecified atom stereocenters. The van der Waals surface area contributed by atoms with Gasteiger partial charge in [0.1, 0.15) is 11.6 Å². The van der Waals surface area contributed by atoms with Gasteiger partial charge in [0.15, 0.2) is 5.79 Å². The van der Waals surface area contributed by atoms with E-state index in [9.17, 15) is 8.78 Å².